The van der Waals surface area contributed by atoms with Crippen LogP contribution in [0.15, 0.2) is 47.6 Å². The van der Waals surface area contributed by atoms with Crippen LogP contribution in [0.3, 0.4) is 0 Å². The number of pyridine rings is 1. The molecule has 4 aromatic rings. The first-order valence-electron chi connectivity index (χ1n) is 12.6. The molecule has 3 N–H and O–H groups in total. The van der Waals surface area contributed by atoms with Crippen LogP contribution in [0.2, 0.25) is 5.02 Å². The standard InChI is InChI=1S/C30H26ClN7OS.ClH/c1-18-19(2)40-30-27(18)28(22-9-11-23(31)12-10-22)35-25(29-37-36-20(3)38(29)30)16-26(39)33-15-5-7-24-13-8-21(17-34-24)6-4-14-32;/h8-13,17,25H,14-16,32H2,1-3H3,(H,33,39);1H/t25-;/m0./s1. The average molecular weight is 605 g/mol. The minimum Gasteiger partial charge on any atom is -0.345 e. The first-order chi connectivity index (χ1) is 19.4. The van der Waals surface area contributed by atoms with E-state index in [4.69, 9.17) is 22.3 Å². The second kappa shape index (κ2) is 13.1. The van der Waals surface area contributed by atoms with Gasteiger partial charge >= 0.3 is 0 Å². The van der Waals surface area contributed by atoms with Gasteiger partial charge in [0.1, 0.15) is 22.6 Å². The molecule has 0 saturated carbocycles. The van der Waals surface area contributed by atoms with Gasteiger partial charge in [0.2, 0.25) is 5.91 Å². The van der Waals surface area contributed by atoms with Gasteiger partial charge in [0.15, 0.2) is 5.82 Å². The second-order valence-corrected chi connectivity index (χ2v) is 10.8. The summed E-state index contributed by atoms with van der Waals surface area (Å²) in [5, 5.41) is 13.3. The number of thiophene rings is 1. The van der Waals surface area contributed by atoms with E-state index in [0.717, 1.165) is 38.8 Å². The van der Waals surface area contributed by atoms with Crippen LogP contribution in [0.25, 0.3) is 5.00 Å². The molecule has 1 amide bonds. The zero-order chi connectivity index (χ0) is 28.2. The molecular formula is C30H27Cl2N7OS. The predicted molar refractivity (Wildman–Crippen MR) is 165 cm³/mol. The summed E-state index contributed by atoms with van der Waals surface area (Å²) < 4.78 is 2.03. The Hall–Kier alpha value is -3.99. The molecule has 41 heavy (non-hydrogen) atoms. The molecule has 0 bridgehead atoms. The highest BCUT2D eigenvalue weighted by Crippen LogP contribution is 2.39. The number of aliphatic imine (C=N–C) groups is 1. The highest BCUT2D eigenvalue weighted by atomic mass is 35.5. The molecule has 0 spiro atoms. The topological polar surface area (TPSA) is 111 Å². The Morgan fingerprint density at radius 1 is 1.10 bits per heavy atom. The summed E-state index contributed by atoms with van der Waals surface area (Å²) in [6, 6.07) is 10.7. The number of fused-ring (bicyclic) bond motifs is 3. The average Bonchev–Trinajstić information content (AvgIpc) is 3.43. The fraction of sp³-hybridized carbons (Fsp3) is 0.233. The van der Waals surface area contributed by atoms with E-state index in [1.54, 1.807) is 23.6 Å². The van der Waals surface area contributed by atoms with Crippen molar-refractivity contribution >= 4 is 47.0 Å². The number of nitrogens with one attached hydrogen (secondary N) is 1. The van der Waals surface area contributed by atoms with Crippen molar-refractivity contribution in [3.63, 3.8) is 0 Å². The third-order valence-corrected chi connectivity index (χ3v) is 7.87. The number of benzene rings is 1. The van der Waals surface area contributed by atoms with Crippen molar-refractivity contribution in [1.82, 2.24) is 25.1 Å². The van der Waals surface area contributed by atoms with E-state index < -0.39 is 6.04 Å². The maximum atomic E-state index is 13.1. The van der Waals surface area contributed by atoms with Crippen LogP contribution < -0.4 is 11.1 Å². The van der Waals surface area contributed by atoms with Gasteiger partial charge in [-0.1, -0.05) is 41.5 Å². The normalized spacial score (nSPS) is 13.2. The molecule has 5 rings (SSSR count). The Bertz CT molecular complexity index is 1730. The van der Waals surface area contributed by atoms with E-state index in [9.17, 15) is 4.79 Å². The monoisotopic (exact) mass is 603 g/mol. The van der Waals surface area contributed by atoms with Crippen LogP contribution in [0.4, 0.5) is 0 Å². The maximum absolute atomic E-state index is 13.1. The zero-order valence-electron chi connectivity index (χ0n) is 22.7. The lowest BCUT2D eigenvalue weighted by Gasteiger charge is -2.12. The molecule has 1 atom stereocenters. The molecule has 1 aliphatic heterocycles. The molecule has 8 nitrogen and oxygen atoms in total. The summed E-state index contributed by atoms with van der Waals surface area (Å²) in [5.74, 6) is 12.8. The Balaban J connectivity index is 0.00000387. The number of aryl methyl sites for hydroxylation is 2. The summed E-state index contributed by atoms with van der Waals surface area (Å²) in [7, 11) is 0. The van der Waals surface area contributed by atoms with Crippen molar-refractivity contribution in [3.8, 4) is 28.7 Å². The first kappa shape index (κ1) is 30.0. The molecule has 4 heterocycles. The van der Waals surface area contributed by atoms with Crippen LogP contribution in [-0.4, -0.2) is 44.5 Å². The summed E-state index contributed by atoms with van der Waals surface area (Å²) in [5.41, 5.74) is 10.7. The number of halogens is 2. The first-order valence-corrected chi connectivity index (χ1v) is 13.8. The van der Waals surface area contributed by atoms with Crippen molar-refractivity contribution in [2.24, 2.45) is 10.7 Å². The number of aromatic nitrogens is 4. The highest BCUT2D eigenvalue weighted by Gasteiger charge is 2.32. The fourth-order valence-corrected chi connectivity index (χ4v) is 5.69. The zero-order valence-corrected chi connectivity index (χ0v) is 25.0. The van der Waals surface area contributed by atoms with E-state index in [1.165, 1.54) is 4.88 Å². The number of hydrogen-bond donors (Lipinski definition) is 2. The van der Waals surface area contributed by atoms with Crippen LogP contribution in [0.5, 0.6) is 0 Å². The van der Waals surface area contributed by atoms with Crippen LogP contribution in [0.1, 0.15) is 56.9 Å². The van der Waals surface area contributed by atoms with Gasteiger partial charge in [0.05, 0.1) is 25.2 Å². The van der Waals surface area contributed by atoms with Gasteiger partial charge in [-0.15, -0.1) is 33.9 Å². The molecule has 3 aromatic heterocycles. The fourth-order valence-electron chi connectivity index (χ4n) is 4.35. The molecule has 0 radical (unpaired) electrons. The Morgan fingerprint density at radius 2 is 1.88 bits per heavy atom. The molecule has 0 saturated heterocycles. The van der Waals surface area contributed by atoms with Gasteiger partial charge < -0.3 is 11.1 Å². The van der Waals surface area contributed by atoms with E-state index in [-0.39, 0.29) is 31.3 Å². The van der Waals surface area contributed by atoms with Crippen molar-refractivity contribution < 1.29 is 4.79 Å². The summed E-state index contributed by atoms with van der Waals surface area (Å²) in [6.07, 6.45) is 1.74. The second-order valence-electron chi connectivity index (χ2n) is 9.13. The van der Waals surface area contributed by atoms with Crippen LogP contribution in [0, 0.1) is 44.5 Å². The van der Waals surface area contributed by atoms with Crippen molar-refractivity contribution in [1.29, 1.82) is 0 Å². The number of amides is 1. The van der Waals surface area contributed by atoms with Crippen LogP contribution in [-0.2, 0) is 4.79 Å². The van der Waals surface area contributed by atoms with Gasteiger partial charge in [-0.05, 0) is 56.5 Å². The number of carbonyl (C=O) groups is 1. The van der Waals surface area contributed by atoms with Gasteiger partial charge in [-0.3, -0.25) is 14.4 Å². The third-order valence-electron chi connectivity index (χ3n) is 6.42. The van der Waals surface area contributed by atoms with Gasteiger partial charge in [-0.2, -0.15) is 0 Å². The van der Waals surface area contributed by atoms with E-state index in [0.29, 0.717) is 23.1 Å². The summed E-state index contributed by atoms with van der Waals surface area (Å²) >= 11 is 7.85. The lowest BCUT2D eigenvalue weighted by atomic mass is 9.99. The maximum Gasteiger partial charge on any atom is 0.223 e. The van der Waals surface area contributed by atoms with Gasteiger partial charge in [0.25, 0.3) is 0 Å². The summed E-state index contributed by atoms with van der Waals surface area (Å²) in [4.78, 5) is 23.6. The predicted octanol–water partition coefficient (Wildman–Crippen LogP) is 4.48. The van der Waals surface area contributed by atoms with E-state index in [2.05, 4.69) is 58.0 Å². The van der Waals surface area contributed by atoms with Crippen molar-refractivity contribution in [3.05, 3.63) is 92.1 Å². The Morgan fingerprint density at radius 3 is 2.59 bits per heavy atom. The molecule has 0 unspecified atom stereocenters. The van der Waals surface area contributed by atoms with Crippen molar-refractivity contribution in [2.75, 3.05) is 13.1 Å². The molecular weight excluding hydrogens is 577 g/mol. The van der Waals surface area contributed by atoms with Crippen molar-refractivity contribution in [2.45, 2.75) is 33.2 Å². The molecule has 11 heteroatoms. The number of carbonyl (C=O) groups excluding carboxylic acids is 1. The van der Waals surface area contributed by atoms with E-state index >= 15 is 0 Å². The van der Waals surface area contributed by atoms with Gasteiger partial charge in [0, 0.05) is 32.8 Å². The Labute approximate surface area is 253 Å². The number of nitrogens with zero attached hydrogens (tertiary/aromatic N) is 5. The minimum absolute atomic E-state index is 0. The highest BCUT2D eigenvalue weighted by molar-refractivity contribution is 7.15. The van der Waals surface area contributed by atoms with Crippen LogP contribution >= 0.6 is 35.3 Å². The molecule has 0 fully saturated rings. The van der Waals surface area contributed by atoms with E-state index in [1.807, 2.05) is 41.8 Å². The molecule has 208 valence electrons. The quantitative estimate of drug-likeness (QED) is 0.334. The number of nitrogens with two attached hydrogens (primary N) is 1. The van der Waals surface area contributed by atoms with Gasteiger partial charge in [-0.25, -0.2) is 4.98 Å². The molecule has 0 aliphatic carbocycles. The minimum atomic E-state index is -0.539. The smallest absolute Gasteiger partial charge is 0.223 e. The molecule has 1 aliphatic rings. The summed E-state index contributed by atoms with van der Waals surface area (Å²) in [6.45, 7) is 6.57. The molecule has 1 aromatic carbocycles. The largest absolute Gasteiger partial charge is 0.345 e. The third kappa shape index (κ3) is 6.51. The lowest BCUT2D eigenvalue weighted by Crippen LogP contribution is -2.25. The Kier molecular flexibility index (Phi) is 9.59. The lowest BCUT2D eigenvalue weighted by molar-refractivity contribution is -0.121. The number of rotatable bonds is 4. The SMILES string of the molecule is Cc1sc2c(c1C)C(c1ccc(Cl)cc1)=N[C@@H](CC(=O)NCC#Cc1ccc(C#CCN)cn1)c1nnc(C)n1-2.Cl. The number of hydrogen-bond acceptors (Lipinski definition) is 7.